The fourth-order valence-electron chi connectivity index (χ4n) is 5.26. The minimum Gasteiger partial charge on any atom is -0.354 e. The van der Waals surface area contributed by atoms with Crippen LogP contribution >= 0.6 is 0 Å². The van der Waals surface area contributed by atoms with Gasteiger partial charge in [0.15, 0.2) is 0 Å². The number of nitrogens with one attached hydrogen (secondary N) is 3. The minimum absolute atomic E-state index is 0.851. The molecule has 15 nitrogen and oxygen atoms in total. The average Bonchev–Trinajstić information content (AvgIpc) is 3.74. The Hall–Kier alpha value is -4.04. The van der Waals surface area contributed by atoms with Gasteiger partial charge in [-0.25, -0.2) is 23.7 Å². The van der Waals surface area contributed by atoms with Crippen molar-refractivity contribution in [1.82, 2.24) is 59.1 Å². The van der Waals surface area contributed by atoms with Crippen LogP contribution in [0.15, 0.2) is 0 Å². The zero-order valence-electron chi connectivity index (χ0n) is 25.5. The lowest BCUT2D eigenvalue weighted by Gasteiger charge is -2.12. The van der Waals surface area contributed by atoms with Crippen molar-refractivity contribution in [3.05, 3.63) is 29.1 Å². The molecular formula is C27H45N15. The van der Waals surface area contributed by atoms with Gasteiger partial charge in [-0.15, -0.1) is 0 Å². The minimum atomic E-state index is 0.851. The van der Waals surface area contributed by atoms with Crippen molar-refractivity contribution in [1.29, 1.82) is 0 Å². The van der Waals surface area contributed by atoms with E-state index >= 15 is 0 Å². The summed E-state index contributed by atoms with van der Waals surface area (Å²) in [5.41, 5.74) is 0. The Kier molecular flexibility index (Phi) is 9.98. The first-order valence-electron chi connectivity index (χ1n) is 15.3. The van der Waals surface area contributed by atoms with Crippen LogP contribution in [0.1, 0.15) is 74.1 Å². The van der Waals surface area contributed by atoms with E-state index in [2.05, 4.69) is 56.3 Å². The number of anilines is 3. The van der Waals surface area contributed by atoms with Crippen molar-refractivity contribution >= 4 is 17.8 Å². The van der Waals surface area contributed by atoms with E-state index in [1.807, 2.05) is 46.4 Å². The number of aryl methyl sites for hydroxylation is 9. The van der Waals surface area contributed by atoms with E-state index in [4.69, 9.17) is 0 Å². The third kappa shape index (κ3) is 8.03. The monoisotopic (exact) mass is 579 g/mol. The largest absolute Gasteiger partial charge is 0.354 e. The molecule has 0 fully saturated rings. The van der Waals surface area contributed by atoms with E-state index in [0.29, 0.717) is 0 Å². The van der Waals surface area contributed by atoms with Crippen LogP contribution in [0.3, 0.4) is 0 Å². The summed E-state index contributed by atoms with van der Waals surface area (Å²) >= 11 is 0. The molecule has 4 aliphatic rings. The smallest absolute Gasteiger partial charge is 0.221 e. The van der Waals surface area contributed by atoms with Crippen LogP contribution in [-0.2, 0) is 32.6 Å². The number of nitrogens with zero attached hydrogens (tertiary/aromatic N) is 12. The summed E-state index contributed by atoms with van der Waals surface area (Å²) in [6.07, 6.45) is 9.63. The van der Waals surface area contributed by atoms with Gasteiger partial charge in [0.2, 0.25) is 17.8 Å². The highest BCUT2D eigenvalue weighted by Crippen LogP contribution is 2.12. The number of aromatic nitrogens is 12. The summed E-state index contributed by atoms with van der Waals surface area (Å²) in [6, 6.07) is 0. The van der Waals surface area contributed by atoms with Crippen LogP contribution in [0.5, 0.6) is 0 Å². The predicted octanol–water partition coefficient (Wildman–Crippen LogP) is 2.91. The van der Waals surface area contributed by atoms with Gasteiger partial charge >= 0.3 is 0 Å². The third-order valence-corrected chi connectivity index (χ3v) is 7.20. The molecule has 8 rings (SSSR count). The molecule has 0 bridgehead atoms. The topological polar surface area (TPSA) is 159 Å². The van der Waals surface area contributed by atoms with Crippen molar-refractivity contribution in [2.45, 2.75) is 105 Å². The molecule has 3 N–H and O–H groups in total. The highest BCUT2D eigenvalue weighted by molar-refractivity contribution is 5.26. The van der Waals surface area contributed by atoms with Gasteiger partial charge in [0.05, 0.1) is 0 Å². The van der Waals surface area contributed by atoms with Gasteiger partial charge in [-0.3, -0.25) is 0 Å². The first-order chi connectivity index (χ1) is 20.4. The molecule has 4 aromatic heterocycles. The van der Waals surface area contributed by atoms with Gasteiger partial charge in [-0.2, -0.15) is 35.3 Å². The van der Waals surface area contributed by atoms with Crippen LogP contribution in [0.25, 0.3) is 0 Å². The van der Waals surface area contributed by atoms with E-state index in [1.54, 1.807) is 0 Å². The Labute approximate surface area is 246 Å². The Morgan fingerprint density at radius 3 is 1.38 bits per heavy atom. The first kappa shape index (κ1) is 29.5. The molecule has 0 saturated heterocycles. The van der Waals surface area contributed by atoms with E-state index in [1.165, 1.54) is 38.5 Å². The molecule has 15 heteroatoms. The molecule has 0 radical (unpaired) electrons. The molecule has 4 aromatic rings. The fourth-order valence-corrected chi connectivity index (χ4v) is 5.26. The summed E-state index contributed by atoms with van der Waals surface area (Å²) in [6.45, 7) is 14.8. The first-order valence-corrected chi connectivity index (χ1v) is 15.3. The average molecular weight is 580 g/mol. The molecule has 0 amide bonds. The number of hydrogen-bond acceptors (Lipinski definition) is 11. The molecule has 4 aliphatic heterocycles. The van der Waals surface area contributed by atoms with Gasteiger partial charge in [-0.05, 0) is 72.6 Å². The molecule has 0 aromatic carbocycles. The molecule has 8 heterocycles. The molecule has 0 saturated carbocycles. The highest BCUT2D eigenvalue weighted by atomic mass is 15.4. The van der Waals surface area contributed by atoms with Gasteiger partial charge in [-0.1, -0.05) is 0 Å². The third-order valence-electron chi connectivity index (χ3n) is 7.20. The van der Waals surface area contributed by atoms with Gasteiger partial charge in [0.1, 0.15) is 29.1 Å². The van der Waals surface area contributed by atoms with Crippen molar-refractivity contribution in [2.24, 2.45) is 0 Å². The Morgan fingerprint density at radius 2 is 0.833 bits per heavy atom. The summed E-state index contributed by atoms with van der Waals surface area (Å²) < 4.78 is 7.82. The molecule has 0 spiro atoms. The highest BCUT2D eigenvalue weighted by Gasteiger charge is 2.13. The molecule has 228 valence electrons. The fraction of sp³-hybridized carbons (Fsp3) is 0.704. The zero-order chi connectivity index (χ0) is 29.3. The van der Waals surface area contributed by atoms with E-state index in [0.717, 1.165) is 106 Å². The van der Waals surface area contributed by atoms with Crippen molar-refractivity contribution < 1.29 is 0 Å². The molecule has 0 aliphatic carbocycles. The van der Waals surface area contributed by atoms with E-state index in [-0.39, 0.29) is 0 Å². The van der Waals surface area contributed by atoms with Crippen LogP contribution in [0.4, 0.5) is 17.8 Å². The van der Waals surface area contributed by atoms with Gasteiger partial charge in [0, 0.05) is 52.2 Å². The summed E-state index contributed by atoms with van der Waals surface area (Å²) in [7, 11) is 0. The molecular weight excluding hydrogens is 534 g/mol. The standard InChI is InChI=1S/C8H14N4.C7H12N4.C6H10N4.C6H9N3/c1-7-10-8-9-5-3-2-4-6-12(8)11-7;1-6-9-7-8-4-2-3-5-11(7)10-6;1-5-8-6-7-3-2-4-10(6)9-5;1-5-7-6-3-2-4-9(6)8-5/h2-6H2,1H3,(H,9,10,11);2-5H2,1H3,(H,8,9,10);2-4H2,1H3,(H,7,8,9);2-4H2,1H3. The maximum Gasteiger partial charge on any atom is 0.221 e. The Bertz CT molecular complexity index is 1320. The maximum absolute atomic E-state index is 4.30. The normalized spacial score (nSPS) is 16.7. The second-order valence-corrected chi connectivity index (χ2v) is 10.9. The second kappa shape index (κ2) is 14.2. The lowest BCUT2D eigenvalue weighted by molar-refractivity contribution is 0.534. The number of fused-ring (bicyclic) bond motifs is 4. The SMILES string of the molecule is Cc1nc2n(n1)CCC2.Cc1nc2n(n1)CCCCCN2.Cc1nc2n(n1)CCCCN2.Cc1nc2n(n1)CCCN2. The van der Waals surface area contributed by atoms with Gasteiger partial charge in [0.25, 0.3) is 0 Å². The number of hydrogen-bond donors (Lipinski definition) is 3. The number of rotatable bonds is 0. The van der Waals surface area contributed by atoms with Crippen molar-refractivity contribution in [3.8, 4) is 0 Å². The van der Waals surface area contributed by atoms with Crippen LogP contribution in [0.2, 0.25) is 0 Å². The lowest BCUT2D eigenvalue weighted by Crippen LogP contribution is -2.17. The van der Waals surface area contributed by atoms with Gasteiger partial charge < -0.3 is 16.0 Å². The van der Waals surface area contributed by atoms with E-state index < -0.39 is 0 Å². The van der Waals surface area contributed by atoms with E-state index in [9.17, 15) is 0 Å². The predicted molar refractivity (Wildman–Crippen MR) is 161 cm³/mol. The Morgan fingerprint density at radius 1 is 0.429 bits per heavy atom. The quantitative estimate of drug-likeness (QED) is 0.281. The van der Waals surface area contributed by atoms with Crippen molar-refractivity contribution in [3.63, 3.8) is 0 Å². The van der Waals surface area contributed by atoms with Crippen LogP contribution in [0, 0.1) is 27.7 Å². The molecule has 0 atom stereocenters. The summed E-state index contributed by atoms with van der Waals surface area (Å²) in [4.78, 5) is 17.0. The van der Waals surface area contributed by atoms with Crippen LogP contribution in [-0.4, -0.2) is 78.7 Å². The van der Waals surface area contributed by atoms with Crippen molar-refractivity contribution in [2.75, 3.05) is 35.6 Å². The lowest BCUT2D eigenvalue weighted by atomic mass is 10.2. The summed E-state index contributed by atoms with van der Waals surface area (Å²) in [5, 5.41) is 26.6. The zero-order valence-corrected chi connectivity index (χ0v) is 25.5. The molecule has 0 unspecified atom stereocenters. The van der Waals surface area contributed by atoms with Crippen LogP contribution < -0.4 is 16.0 Å². The second-order valence-electron chi connectivity index (χ2n) is 10.9. The summed E-state index contributed by atoms with van der Waals surface area (Å²) in [5.74, 6) is 7.42. The Balaban J connectivity index is 0.000000112. The molecule has 42 heavy (non-hydrogen) atoms. The maximum atomic E-state index is 4.30.